The second-order valence-electron chi connectivity index (χ2n) is 7.83. The molecule has 2 aliphatic heterocycles. The maximum absolute atomic E-state index is 13.4. The molecule has 2 aliphatic rings. The minimum atomic E-state index is -3.77. The fourth-order valence-electron chi connectivity index (χ4n) is 4.16. The summed E-state index contributed by atoms with van der Waals surface area (Å²) in [6, 6.07) is 12.2. The van der Waals surface area contributed by atoms with E-state index in [1.807, 2.05) is 24.3 Å². The van der Waals surface area contributed by atoms with Gasteiger partial charge in [0.2, 0.25) is 10.0 Å². The number of methoxy groups -OCH3 is 2. The van der Waals surface area contributed by atoms with Crippen molar-refractivity contribution in [3.63, 3.8) is 0 Å². The van der Waals surface area contributed by atoms with Gasteiger partial charge in [-0.1, -0.05) is 12.1 Å². The van der Waals surface area contributed by atoms with Gasteiger partial charge in [-0.25, -0.2) is 8.42 Å². The lowest BCUT2D eigenvalue weighted by atomic mass is 10.1. The summed E-state index contributed by atoms with van der Waals surface area (Å²) in [5.41, 5.74) is 1.19. The zero-order chi connectivity index (χ0) is 23.4. The Kier molecular flexibility index (Phi) is 7.06. The second kappa shape index (κ2) is 9.98. The maximum atomic E-state index is 13.4. The third-order valence-electron chi connectivity index (χ3n) is 6.00. The summed E-state index contributed by atoms with van der Waals surface area (Å²) in [6.07, 6.45) is 0. The monoisotopic (exact) mass is 475 g/mol. The smallest absolute Gasteiger partial charge is 0.257 e. The minimum Gasteiger partial charge on any atom is -0.496 e. The largest absolute Gasteiger partial charge is 0.496 e. The van der Waals surface area contributed by atoms with Crippen LogP contribution in [0, 0.1) is 0 Å². The van der Waals surface area contributed by atoms with Crippen LogP contribution in [0.15, 0.2) is 47.4 Å². The molecule has 2 heterocycles. The van der Waals surface area contributed by atoms with Crippen molar-refractivity contribution < 1.29 is 27.4 Å². The van der Waals surface area contributed by atoms with Crippen molar-refractivity contribution in [2.75, 3.05) is 71.6 Å². The van der Waals surface area contributed by atoms with Crippen LogP contribution in [-0.2, 0) is 14.8 Å². The van der Waals surface area contributed by atoms with Crippen molar-refractivity contribution in [2.45, 2.75) is 4.90 Å². The summed E-state index contributed by atoms with van der Waals surface area (Å²) < 4.78 is 44.4. The van der Waals surface area contributed by atoms with E-state index in [4.69, 9.17) is 14.2 Å². The van der Waals surface area contributed by atoms with Crippen molar-refractivity contribution in [3.8, 4) is 11.5 Å². The molecule has 178 valence electrons. The molecule has 0 spiro atoms. The standard InChI is InChI=1S/C23H29N3O6S/c1-30-21-8-7-18(17-19(21)23(27)25-13-15-32-16-14-25)33(28,29)26-11-9-24(10-12-26)20-5-3-4-6-22(20)31-2/h3-8,17H,9-16H2,1-2H3. The molecular formula is C23H29N3O6S. The van der Waals surface area contributed by atoms with Crippen LogP contribution in [0.2, 0.25) is 0 Å². The first-order chi connectivity index (χ1) is 16.0. The lowest BCUT2D eigenvalue weighted by Gasteiger charge is -2.36. The molecule has 2 fully saturated rings. The highest BCUT2D eigenvalue weighted by Gasteiger charge is 2.31. The average Bonchev–Trinajstić information content (AvgIpc) is 2.88. The predicted molar refractivity (Wildman–Crippen MR) is 124 cm³/mol. The number of amides is 1. The van der Waals surface area contributed by atoms with Crippen molar-refractivity contribution in [3.05, 3.63) is 48.0 Å². The lowest BCUT2D eigenvalue weighted by Crippen LogP contribution is -2.48. The number of para-hydroxylation sites is 2. The van der Waals surface area contributed by atoms with E-state index in [9.17, 15) is 13.2 Å². The molecule has 33 heavy (non-hydrogen) atoms. The van der Waals surface area contributed by atoms with E-state index in [0.717, 1.165) is 11.4 Å². The van der Waals surface area contributed by atoms with Crippen molar-refractivity contribution in [2.24, 2.45) is 0 Å². The number of morpholine rings is 1. The summed E-state index contributed by atoms with van der Waals surface area (Å²) in [5, 5.41) is 0. The van der Waals surface area contributed by atoms with Crippen LogP contribution in [-0.4, -0.2) is 90.2 Å². The fourth-order valence-corrected chi connectivity index (χ4v) is 5.61. The Hall–Kier alpha value is -2.82. The van der Waals surface area contributed by atoms with Crippen molar-refractivity contribution >= 4 is 21.6 Å². The molecule has 10 heteroatoms. The lowest BCUT2D eigenvalue weighted by molar-refractivity contribution is 0.0300. The molecule has 0 N–H and O–H groups in total. The van der Waals surface area contributed by atoms with Gasteiger partial charge < -0.3 is 24.0 Å². The number of hydrogen-bond acceptors (Lipinski definition) is 7. The molecule has 0 unspecified atom stereocenters. The quantitative estimate of drug-likeness (QED) is 0.628. The zero-order valence-corrected chi connectivity index (χ0v) is 19.7. The van der Waals surface area contributed by atoms with E-state index < -0.39 is 10.0 Å². The SMILES string of the molecule is COc1ccc(S(=O)(=O)N2CCN(c3ccccc3OC)CC2)cc1C(=O)N1CCOCC1. The molecule has 4 rings (SSSR count). The number of nitrogens with zero attached hydrogens (tertiary/aromatic N) is 3. The molecule has 0 radical (unpaired) electrons. The number of hydrogen-bond donors (Lipinski definition) is 0. The van der Waals surface area contributed by atoms with Crippen molar-refractivity contribution in [1.82, 2.24) is 9.21 Å². The zero-order valence-electron chi connectivity index (χ0n) is 18.9. The molecule has 0 bridgehead atoms. The van der Waals surface area contributed by atoms with E-state index >= 15 is 0 Å². The van der Waals surface area contributed by atoms with Gasteiger partial charge in [0.1, 0.15) is 11.5 Å². The summed E-state index contributed by atoms with van der Waals surface area (Å²) in [7, 11) is -0.678. The van der Waals surface area contributed by atoms with E-state index in [1.165, 1.54) is 23.5 Å². The molecular weight excluding hydrogens is 446 g/mol. The molecule has 0 saturated carbocycles. The van der Waals surface area contributed by atoms with Crippen LogP contribution in [0.1, 0.15) is 10.4 Å². The molecule has 2 saturated heterocycles. The number of anilines is 1. The molecule has 0 atom stereocenters. The Balaban J connectivity index is 1.53. The highest BCUT2D eigenvalue weighted by Crippen LogP contribution is 2.30. The van der Waals surface area contributed by atoms with E-state index in [-0.39, 0.29) is 16.4 Å². The van der Waals surface area contributed by atoms with Crippen LogP contribution in [0.3, 0.4) is 0 Å². The molecule has 0 aromatic heterocycles. The van der Waals surface area contributed by atoms with Gasteiger partial charge in [0.15, 0.2) is 0 Å². The molecule has 2 aromatic rings. The number of carbonyl (C=O) groups is 1. The second-order valence-corrected chi connectivity index (χ2v) is 9.77. The number of sulfonamides is 1. The molecule has 9 nitrogen and oxygen atoms in total. The van der Waals surface area contributed by atoms with Gasteiger partial charge in [-0.3, -0.25) is 4.79 Å². The van der Waals surface area contributed by atoms with Crippen LogP contribution in [0.4, 0.5) is 5.69 Å². The Bertz CT molecular complexity index is 1090. The fraction of sp³-hybridized carbons (Fsp3) is 0.435. The normalized spacial score (nSPS) is 17.6. The molecule has 0 aliphatic carbocycles. The van der Waals surface area contributed by atoms with E-state index in [2.05, 4.69) is 4.90 Å². The number of piperazine rings is 1. The van der Waals surface area contributed by atoms with Gasteiger partial charge in [0.25, 0.3) is 5.91 Å². The third kappa shape index (κ3) is 4.78. The number of ether oxygens (including phenoxy) is 3. The van der Waals surface area contributed by atoms with Crippen molar-refractivity contribution in [1.29, 1.82) is 0 Å². The number of rotatable bonds is 6. The average molecular weight is 476 g/mol. The highest BCUT2D eigenvalue weighted by atomic mass is 32.2. The van der Waals surface area contributed by atoms with E-state index in [1.54, 1.807) is 18.1 Å². The summed E-state index contributed by atoms with van der Waals surface area (Å²) in [6.45, 7) is 3.59. The maximum Gasteiger partial charge on any atom is 0.257 e. The van der Waals surface area contributed by atoms with Gasteiger partial charge in [0, 0.05) is 39.3 Å². The van der Waals surface area contributed by atoms with Gasteiger partial charge in [-0.05, 0) is 30.3 Å². The van der Waals surface area contributed by atoms with Gasteiger partial charge >= 0.3 is 0 Å². The van der Waals surface area contributed by atoms with Gasteiger partial charge in [0.05, 0.1) is 43.6 Å². The topological polar surface area (TPSA) is 88.6 Å². The Morgan fingerprint density at radius 1 is 0.879 bits per heavy atom. The first-order valence-corrected chi connectivity index (χ1v) is 12.3. The van der Waals surface area contributed by atoms with Crippen LogP contribution >= 0.6 is 0 Å². The van der Waals surface area contributed by atoms with Gasteiger partial charge in [-0.15, -0.1) is 0 Å². The summed E-state index contributed by atoms with van der Waals surface area (Å²) in [4.78, 5) is 16.9. The van der Waals surface area contributed by atoms with Crippen LogP contribution < -0.4 is 14.4 Å². The minimum absolute atomic E-state index is 0.0886. The third-order valence-corrected chi connectivity index (χ3v) is 7.90. The Labute approximate surface area is 194 Å². The van der Waals surface area contributed by atoms with Crippen LogP contribution in [0.5, 0.6) is 11.5 Å². The Morgan fingerprint density at radius 2 is 1.55 bits per heavy atom. The first kappa shape index (κ1) is 23.3. The first-order valence-electron chi connectivity index (χ1n) is 10.9. The number of carbonyl (C=O) groups excluding carboxylic acids is 1. The highest BCUT2D eigenvalue weighted by molar-refractivity contribution is 7.89. The molecule has 2 aromatic carbocycles. The van der Waals surface area contributed by atoms with Gasteiger partial charge in [-0.2, -0.15) is 4.31 Å². The summed E-state index contributed by atoms with van der Waals surface area (Å²) >= 11 is 0. The summed E-state index contributed by atoms with van der Waals surface area (Å²) in [5.74, 6) is 0.856. The molecule has 1 amide bonds. The van der Waals surface area contributed by atoms with Crippen LogP contribution in [0.25, 0.3) is 0 Å². The number of benzene rings is 2. The van der Waals surface area contributed by atoms with E-state index in [0.29, 0.717) is 58.2 Å². The predicted octanol–water partition coefficient (Wildman–Crippen LogP) is 1.69. The Morgan fingerprint density at radius 3 is 2.21 bits per heavy atom.